The lowest BCUT2D eigenvalue weighted by molar-refractivity contribution is -0.296. The molecule has 1 saturated heterocycles. The molecule has 0 aromatic heterocycles. The van der Waals surface area contributed by atoms with E-state index in [0.717, 1.165) is 6.42 Å². The zero-order valence-corrected chi connectivity index (χ0v) is 9.78. The fourth-order valence-corrected chi connectivity index (χ4v) is 4.57. The molecule has 1 heterocycles. The molecule has 2 aliphatic rings. The van der Waals surface area contributed by atoms with E-state index in [1.807, 2.05) is 0 Å². The van der Waals surface area contributed by atoms with Crippen molar-refractivity contribution in [3.8, 4) is 0 Å². The maximum absolute atomic E-state index is 13.3. The highest BCUT2D eigenvalue weighted by Gasteiger charge is 2.88. The van der Waals surface area contributed by atoms with Crippen molar-refractivity contribution >= 4 is 35.0 Å². The molecule has 15 heavy (non-hydrogen) atoms. The predicted molar refractivity (Wildman–Crippen MR) is 53.6 cm³/mol. The van der Waals surface area contributed by atoms with E-state index >= 15 is 0 Å². The summed E-state index contributed by atoms with van der Waals surface area (Å²) in [5.74, 6) is -7.74. The van der Waals surface area contributed by atoms with Crippen molar-refractivity contribution < 1.29 is 17.6 Å². The molecule has 0 aromatic carbocycles. The normalized spacial score (nSPS) is 47.6. The van der Waals surface area contributed by atoms with Gasteiger partial charge in [-0.2, -0.15) is 29.3 Å². The van der Waals surface area contributed by atoms with Crippen LogP contribution in [0.4, 0.5) is 17.6 Å². The van der Waals surface area contributed by atoms with Crippen LogP contribution in [0.15, 0.2) is 0 Å². The largest absolute Gasteiger partial charge is 0.333 e. The second-order valence-electron chi connectivity index (χ2n) is 3.83. The van der Waals surface area contributed by atoms with Gasteiger partial charge in [-0.1, -0.05) is 0 Å². The number of hydrogen-bond donors (Lipinski definition) is 0. The number of rotatable bonds is 1. The number of halogens is 6. The van der Waals surface area contributed by atoms with Crippen LogP contribution in [0.3, 0.4) is 0 Å². The third-order valence-electron chi connectivity index (χ3n) is 2.99. The SMILES string of the molecule is FC1(F)C(Cl)C(Cl)(C2CCCS2)C1(F)F. The standard InChI is InChI=1S/C8H8Cl2F4S/c9-5-6(10,4-2-1-3-15-4)8(13,14)7(5,11)12/h4-5H,1-3H2. The van der Waals surface area contributed by atoms with Gasteiger partial charge in [0.05, 0.1) is 0 Å². The lowest BCUT2D eigenvalue weighted by Crippen LogP contribution is -2.80. The van der Waals surface area contributed by atoms with Crippen molar-refractivity contribution in [2.24, 2.45) is 0 Å². The summed E-state index contributed by atoms with van der Waals surface area (Å²) in [6.07, 6.45) is 1.14. The first-order chi connectivity index (χ1) is 6.76. The van der Waals surface area contributed by atoms with Crippen LogP contribution in [0.2, 0.25) is 0 Å². The van der Waals surface area contributed by atoms with Gasteiger partial charge in [-0.3, -0.25) is 0 Å². The Morgan fingerprint density at radius 2 is 1.80 bits per heavy atom. The van der Waals surface area contributed by atoms with E-state index in [-0.39, 0.29) is 0 Å². The molecule has 1 aliphatic carbocycles. The molecule has 0 bridgehead atoms. The lowest BCUT2D eigenvalue weighted by Gasteiger charge is -2.56. The van der Waals surface area contributed by atoms with Crippen LogP contribution in [0.1, 0.15) is 12.8 Å². The summed E-state index contributed by atoms with van der Waals surface area (Å²) in [6, 6.07) is 0. The molecular weight excluding hydrogens is 275 g/mol. The van der Waals surface area contributed by atoms with Crippen LogP contribution in [-0.4, -0.2) is 33.1 Å². The Morgan fingerprint density at radius 1 is 1.20 bits per heavy atom. The van der Waals surface area contributed by atoms with Crippen LogP contribution in [0.5, 0.6) is 0 Å². The molecule has 3 unspecified atom stereocenters. The smallest absolute Gasteiger partial charge is 0.198 e. The molecule has 0 aromatic rings. The number of thioether (sulfide) groups is 1. The molecule has 0 radical (unpaired) electrons. The molecule has 7 heteroatoms. The summed E-state index contributed by atoms with van der Waals surface area (Å²) in [4.78, 5) is -2.29. The van der Waals surface area contributed by atoms with E-state index in [4.69, 9.17) is 23.2 Å². The van der Waals surface area contributed by atoms with Crippen molar-refractivity contribution in [3.63, 3.8) is 0 Å². The van der Waals surface area contributed by atoms with Crippen LogP contribution in [0.25, 0.3) is 0 Å². The lowest BCUT2D eigenvalue weighted by atomic mass is 9.72. The third kappa shape index (κ3) is 1.23. The van der Waals surface area contributed by atoms with Crippen LogP contribution in [0, 0.1) is 0 Å². The average molecular weight is 283 g/mol. The average Bonchev–Trinajstić information content (AvgIpc) is 2.67. The molecule has 88 valence electrons. The monoisotopic (exact) mass is 282 g/mol. The number of hydrogen-bond acceptors (Lipinski definition) is 1. The summed E-state index contributed by atoms with van der Waals surface area (Å²) < 4.78 is 52.3. The molecule has 0 spiro atoms. The molecule has 2 fully saturated rings. The molecule has 1 aliphatic heterocycles. The highest BCUT2D eigenvalue weighted by molar-refractivity contribution is 8.00. The van der Waals surface area contributed by atoms with Gasteiger partial charge >= 0.3 is 11.8 Å². The first-order valence-corrected chi connectivity index (χ1v) is 6.32. The van der Waals surface area contributed by atoms with Crippen LogP contribution < -0.4 is 0 Å². The van der Waals surface area contributed by atoms with Gasteiger partial charge in [0.25, 0.3) is 0 Å². The summed E-state index contributed by atoms with van der Waals surface area (Å²) in [5, 5.41) is -2.67. The summed E-state index contributed by atoms with van der Waals surface area (Å²) in [7, 11) is 0. The fraction of sp³-hybridized carbons (Fsp3) is 1.00. The Balaban J connectivity index is 2.29. The second kappa shape index (κ2) is 3.33. The maximum atomic E-state index is 13.3. The number of alkyl halides is 6. The Bertz CT molecular complexity index is 276. The summed E-state index contributed by atoms with van der Waals surface area (Å²) in [6.45, 7) is 0. The molecule has 2 rings (SSSR count). The maximum Gasteiger partial charge on any atom is 0.333 e. The first-order valence-electron chi connectivity index (χ1n) is 4.46. The van der Waals surface area contributed by atoms with E-state index < -0.39 is 27.3 Å². The molecule has 1 saturated carbocycles. The zero-order chi connectivity index (χ0) is 11.5. The van der Waals surface area contributed by atoms with Gasteiger partial charge in [-0.05, 0) is 18.6 Å². The minimum absolute atomic E-state index is 0.420. The molecular formula is C8H8Cl2F4S. The Labute approximate surface area is 98.7 Å². The van der Waals surface area contributed by atoms with E-state index in [1.54, 1.807) is 0 Å². The summed E-state index contributed by atoms with van der Waals surface area (Å²) in [5.41, 5.74) is 0. The van der Waals surface area contributed by atoms with Crippen molar-refractivity contribution in [1.82, 2.24) is 0 Å². The third-order valence-corrected chi connectivity index (χ3v) is 6.10. The van der Waals surface area contributed by atoms with Crippen molar-refractivity contribution in [1.29, 1.82) is 0 Å². The van der Waals surface area contributed by atoms with Gasteiger partial charge in [0.15, 0.2) is 0 Å². The van der Waals surface area contributed by atoms with Crippen molar-refractivity contribution in [2.75, 3.05) is 5.75 Å². The van der Waals surface area contributed by atoms with Crippen molar-refractivity contribution in [2.45, 2.75) is 40.2 Å². The topological polar surface area (TPSA) is 0 Å². The second-order valence-corrected chi connectivity index (χ2v) is 6.20. The quantitative estimate of drug-likeness (QED) is 0.521. The van der Waals surface area contributed by atoms with Gasteiger partial charge < -0.3 is 0 Å². The molecule has 0 N–H and O–H groups in total. The van der Waals surface area contributed by atoms with Crippen LogP contribution in [-0.2, 0) is 0 Å². The Kier molecular flexibility index (Phi) is 2.69. The van der Waals surface area contributed by atoms with Gasteiger partial charge in [-0.15, -0.1) is 23.2 Å². The Hall–Kier alpha value is 0.650. The Morgan fingerprint density at radius 3 is 2.20 bits per heavy atom. The minimum atomic E-state index is -4.21. The summed E-state index contributed by atoms with van der Waals surface area (Å²) >= 11 is 12.2. The highest BCUT2D eigenvalue weighted by Crippen LogP contribution is 2.67. The van der Waals surface area contributed by atoms with Gasteiger partial charge in [0, 0.05) is 5.25 Å². The van der Waals surface area contributed by atoms with Crippen molar-refractivity contribution in [3.05, 3.63) is 0 Å². The first kappa shape index (κ1) is 12.1. The molecule has 0 amide bonds. The van der Waals surface area contributed by atoms with Gasteiger partial charge in [0.2, 0.25) is 0 Å². The molecule has 3 atom stereocenters. The fourth-order valence-electron chi connectivity index (χ4n) is 2.03. The van der Waals surface area contributed by atoms with Gasteiger partial charge in [-0.25, -0.2) is 0 Å². The van der Waals surface area contributed by atoms with Crippen LogP contribution >= 0.6 is 35.0 Å². The van der Waals surface area contributed by atoms with E-state index in [0.29, 0.717) is 12.2 Å². The predicted octanol–water partition coefficient (Wildman–Crippen LogP) is 3.75. The molecule has 0 nitrogen and oxygen atoms in total. The van der Waals surface area contributed by atoms with Gasteiger partial charge in [0.1, 0.15) is 10.3 Å². The highest BCUT2D eigenvalue weighted by atomic mass is 35.5. The van der Waals surface area contributed by atoms with E-state index in [1.165, 1.54) is 11.8 Å². The zero-order valence-electron chi connectivity index (χ0n) is 7.45. The van der Waals surface area contributed by atoms with E-state index in [9.17, 15) is 17.6 Å². The van der Waals surface area contributed by atoms with E-state index in [2.05, 4.69) is 0 Å². The minimum Gasteiger partial charge on any atom is -0.198 e.